The minimum Gasteiger partial charge on any atom is -0.353 e. The summed E-state index contributed by atoms with van der Waals surface area (Å²) in [6.07, 6.45) is 11.8. The molecule has 2 aliphatic rings. The Balaban J connectivity index is 1.34. The zero-order chi connectivity index (χ0) is 18.7. The minimum absolute atomic E-state index is 0.156. The van der Waals surface area contributed by atoms with Crippen molar-refractivity contribution >= 4 is 22.9 Å². The van der Waals surface area contributed by atoms with Crippen LogP contribution in [0.15, 0.2) is 22.9 Å². The number of imidazole rings is 1. The molecule has 0 spiro atoms. The molecule has 4 rings (SSSR count). The molecular weight excluding hydrogens is 344 g/mol. The fourth-order valence-corrected chi connectivity index (χ4v) is 3.50. The van der Waals surface area contributed by atoms with E-state index in [2.05, 4.69) is 41.0 Å². The first-order chi connectivity index (χ1) is 13.2. The van der Waals surface area contributed by atoms with E-state index in [1.165, 1.54) is 6.33 Å². The second-order valence-electron chi connectivity index (χ2n) is 6.91. The highest BCUT2D eigenvalue weighted by Gasteiger charge is 2.39. The maximum absolute atomic E-state index is 12.7. The molecule has 27 heavy (non-hydrogen) atoms. The molecule has 2 aromatic rings. The lowest BCUT2D eigenvalue weighted by Gasteiger charge is -2.23. The van der Waals surface area contributed by atoms with Gasteiger partial charge in [-0.15, -0.1) is 12.3 Å². The number of hydrogen-bond acceptors (Lipinski definition) is 7. The Hall–Kier alpha value is -3.02. The van der Waals surface area contributed by atoms with Crippen molar-refractivity contribution < 1.29 is 4.79 Å². The molecule has 0 radical (unpaired) electrons. The van der Waals surface area contributed by atoms with Crippen LogP contribution in [0.5, 0.6) is 0 Å². The lowest BCUT2D eigenvalue weighted by Crippen LogP contribution is -2.36. The van der Waals surface area contributed by atoms with Crippen molar-refractivity contribution in [3.8, 4) is 12.3 Å². The highest BCUT2D eigenvalue weighted by Crippen LogP contribution is 2.37. The highest BCUT2D eigenvalue weighted by molar-refractivity contribution is 5.82. The molecular formula is C18H22N8O. The number of rotatable bonds is 6. The van der Waals surface area contributed by atoms with Crippen LogP contribution in [0.4, 0.5) is 5.82 Å². The number of anilines is 1. The number of H-pyrrole nitrogens is 1. The average Bonchev–Trinajstić information content (AvgIpc) is 3.37. The molecule has 0 unspecified atom stereocenters. The quantitative estimate of drug-likeness (QED) is 0.785. The predicted molar refractivity (Wildman–Crippen MR) is 100.0 cm³/mol. The van der Waals surface area contributed by atoms with Crippen molar-refractivity contribution in [1.29, 1.82) is 0 Å². The molecule has 0 aromatic carbocycles. The number of terminal acetylenes is 1. The number of hydrogen-bond donors (Lipinski definition) is 1. The smallest absolute Gasteiger partial charge is 0.222 e. The molecule has 1 amide bonds. The second-order valence-corrected chi connectivity index (χ2v) is 6.91. The maximum atomic E-state index is 12.7. The summed E-state index contributed by atoms with van der Waals surface area (Å²) in [5.74, 6) is 3.62. The van der Waals surface area contributed by atoms with E-state index in [0.717, 1.165) is 43.8 Å². The van der Waals surface area contributed by atoms with E-state index in [9.17, 15) is 4.79 Å². The molecule has 2 aliphatic heterocycles. The van der Waals surface area contributed by atoms with Crippen LogP contribution in [-0.4, -0.2) is 62.6 Å². The number of fused-ring (bicyclic) bond motifs is 1. The van der Waals surface area contributed by atoms with Crippen LogP contribution in [-0.2, 0) is 4.79 Å². The first-order valence-corrected chi connectivity index (χ1v) is 9.25. The third-order valence-corrected chi connectivity index (χ3v) is 5.14. The van der Waals surface area contributed by atoms with Crippen LogP contribution >= 0.6 is 0 Å². The SMILES string of the molecule is C#CCCC1(CCC(=O)N2CCCN(c3ncnc4nc[nH]c34)CC2)N=N1. The van der Waals surface area contributed by atoms with E-state index in [-0.39, 0.29) is 5.91 Å². The van der Waals surface area contributed by atoms with Gasteiger partial charge in [0.05, 0.1) is 6.33 Å². The summed E-state index contributed by atoms with van der Waals surface area (Å²) >= 11 is 0. The van der Waals surface area contributed by atoms with Crippen molar-refractivity contribution in [2.75, 3.05) is 31.1 Å². The summed E-state index contributed by atoms with van der Waals surface area (Å²) in [6.45, 7) is 2.99. The molecule has 4 heterocycles. The van der Waals surface area contributed by atoms with E-state index in [4.69, 9.17) is 6.42 Å². The molecule has 1 N–H and O–H groups in total. The van der Waals surface area contributed by atoms with Crippen LogP contribution in [0.1, 0.15) is 32.1 Å². The van der Waals surface area contributed by atoms with Crippen molar-refractivity contribution in [2.24, 2.45) is 10.2 Å². The Morgan fingerprint density at radius 2 is 2.07 bits per heavy atom. The van der Waals surface area contributed by atoms with Gasteiger partial charge in [-0.3, -0.25) is 4.79 Å². The van der Waals surface area contributed by atoms with Crippen molar-refractivity contribution in [3.63, 3.8) is 0 Å². The Morgan fingerprint density at radius 1 is 1.19 bits per heavy atom. The summed E-state index contributed by atoms with van der Waals surface area (Å²) in [4.78, 5) is 32.7. The number of carbonyl (C=O) groups excluding carboxylic acids is 1. The monoisotopic (exact) mass is 366 g/mol. The van der Waals surface area contributed by atoms with E-state index < -0.39 is 5.66 Å². The zero-order valence-corrected chi connectivity index (χ0v) is 15.1. The molecule has 0 aliphatic carbocycles. The van der Waals surface area contributed by atoms with Crippen LogP contribution in [0.2, 0.25) is 0 Å². The van der Waals surface area contributed by atoms with Gasteiger partial charge in [-0.1, -0.05) is 0 Å². The number of nitrogens with one attached hydrogen (secondary N) is 1. The fraction of sp³-hybridized carbons (Fsp3) is 0.556. The van der Waals surface area contributed by atoms with Gasteiger partial charge in [0, 0.05) is 51.9 Å². The lowest BCUT2D eigenvalue weighted by atomic mass is 10.0. The summed E-state index contributed by atoms with van der Waals surface area (Å²) in [7, 11) is 0. The summed E-state index contributed by atoms with van der Waals surface area (Å²) in [5, 5.41) is 8.22. The summed E-state index contributed by atoms with van der Waals surface area (Å²) in [6, 6.07) is 0. The Bertz CT molecular complexity index is 892. The normalized spacial score (nSPS) is 18.3. The van der Waals surface area contributed by atoms with Gasteiger partial charge < -0.3 is 14.8 Å². The average molecular weight is 366 g/mol. The van der Waals surface area contributed by atoms with E-state index in [1.54, 1.807) is 6.33 Å². The molecule has 2 aromatic heterocycles. The van der Waals surface area contributed by atoms with Crippen molar-refractivity contribution in [3.05, 3.63) is 12.7 Å². The van der Waals surface area contributed by atoms with Gasteiger partial charge >= 0.3 is 0 Å². The Kier molecular flexibility index (Phi) is 4.71. The van der Waals surface area contributed by atoms with Gasteiger partial charge in [-0.2, -0.15) is 10.2 Å². The summed E-state index contributed by atoms with van der Waals surface area (Å²) in [5.41, 5.74) is 1.10. The molecule has 1 fully saturated rings. The van der Waals surface area contributed by atoms with Crippen LogP contribution in [0.25, 0.3) is 11.2 Å². The number of carbonyl (C=O) groups is 1. The number of nitrogens with zero attached hydrogens (tertiary/aromatic N) is 7. The number of amides is 1. The fourth-order valence-electron chi connectivity index (χ4n) is 3.50. The first kappa shape index (κ1) is 17.4. The van der Waals surface area contributed by atoms with E-state index >= 15 is 0 Å². The van der Waals surface area contributed by atoms with Gasteiger partial charge in [0.25, 0.3) is 0 Å². The third-order valence-electron chi connectivity index (χ3n) is 5.14. The molecule has 9 heteroatoms. The highest BCUT2D eigenvalue weighted by atomic mass is 16.2. The Labute approximate surface area is 157 Å². The molecule has 9 nitrogen and oxygen atoms in total. The summed E-state index contributed by atoms with van der Waals surface area (Å²) < 4.78 is 0. The zero-order valence-electron chi connectivity index (χ0n) is 15.1. The molecule has 140 valence electrons. The molecule has 0 bridgehead atoms. The van der Waals surface area contributed by atoms with Crippen LogP contribution in [0, 0.1) is 12.3 Å². The Morgan fingerprint density at radius 3 is 2.89 bits per heavy atom. The van der Waals surface area contributed by atoms with Gasteiger partial charge in [-0.25, -0.2) is 15.0 Å². The maximum Gasteiger partial charge on any atom is 0.222 e. The predicted octanol–water partition coefficient (Wildman–Crippen LogP) is 1.75. The number of aromatic amines is 1. The van der Waals surface area contributed by atoms with Gasteiger partial charge in [0.1, 0.15) is 11.8 Å². The van der Waals surface area contributed by atoms with Crippen LogP contribution in [0.3, 0.4) is 0 Å². The molecule has 0 saturated carbocycles. The van der Waals surface area contributed by atoms with Crippen molar-refractivity contribution in [1.82, 2.24) is 24.8 Å². The first-order valence-electron chi connectivity index (χ1n) is 9.25. The van der Waals surface area contributed by atoms with Crippen LogP contribution < -0.4 is 4.90 Å². The van der Waals surface area contributed by atoms with Crippen molar-refractivity contribution in [2.45, 2.75) is 37.8 Å². The van der Waals surface area contributed by atoms with E-state index in [1.807, 2.05) is 4.90 Å². The second kappa shape index (κ2) is 7.31. The molecule has 1 saturated heterocycles. The van der Waals surface area contributed by atoms with Gasteiger partial charge in [0.15, 0.2) is 17.1 Å². The number of aromatic nitrogens is 4. The van der Waals surface area contributed by atoms with Gasteiger partial charge in [0.2, 0.25) is 5.91 Å². The molecule has 0 atom stereocenters. The topological polar surface area (TPSA) is 103 Å². The standard InChI is InChI=1S/C18H22N8O/c1-2-3-6-18(23-24-18)7-5-14(27)25-8-4-9-26(11-10-25)17-15-16(20-12-19-15)21-13-22-17/h1,12-13H,3-11H2,(H,19,20,21,22). The minimum atomic E-state index is -0.396. The third kappa shape index (κ3) is 3.74. The lowest BCUT2D eigenvalue weighted by molar-refractivity contribution is -0.131. The van der Waals surface area contributed by atoms with Gasteiger partial charge in [-0.05, 0) is 6.42 Å². The largest absolute Gasteiger partial charge is 0.353 e. The van der Waals surface area contributed by atoms with E-state index in [0.29, 0.717) is 31.5 Å².